The van der Waals surface area contributed by atoms with Crippen LogP contribution < -0.4 is 5.32 Å². The molecule has 1 unspecified atom stereocenters. The van der Waals surface area contributed by atoms with E-state index in [2.05, 4.69) is 5.32 Å². The lowest BCUT2D eigenvalue weighted by atomic mass is 9.96. The molecular weight excluding hydrogens is 336 g/mol. The SMILES string of the molecule is CC1=C(C#N)C(O)NC(=O)/C1=C/c1ccc(-c2cccc(C(=O)O)c2)o1. The molecule has 130 valence electrons. The second kappa shape index (κ2) is 6.70. The number of nitrogens with zero attached hydrogens (tertiary/aromatic N) is 1. The molecule has 0 aliphatic carbocycles. The third kappa shape index (κ3) is 3.14. The molecule has 0 spiro atoms. The lowest BCUT2D eigenvalue weighted by Gasteiger charge is -2.21. The number of hydrogen-bond donors (Lipinski definition) is 3. The number of aliphatic hydroxyl groups is 1. The Balaban J connectivity index is 1.98. The van der Waals surface area contributed by atoms with Crippen LogP contribution in [-0.4, -0.2) is 28.3 Å². The minimum Gasteiger partial charge on any atom is -0.478 e. The summed E-state index contributed by atoms with van der Waals surface area (Å²) in [7, 11) is 0. The van der Waals surface area contributed by atoms with Gasteiger partial charge in [-0.3, -0.25) is 4.79 Å². The van der Waals surface area contributed by atoms with Crippen molar-refractivity contribution >= 4 is 18.0 Å². The Kier molecular flexibility index (Phi) is 4.43. The number of benzene rings is 1. The number of aliphatic hydroxyl groups excluding tert-OH is 1. The summed E-state index contributed by atoms with van der Waals surface area (Å²) in [6.45, 7) is 1.58. The maximum Gasteiger partial charge on any atom is 0.335 e. The summed E-state index contributed by atoms with van der Waals surface area (Å²) in [5.74, 6) is -0.750. The van der Waals surface area contributed by atoms with Gasteiger partial charge in [-0.1, -0.05) is 12.1 Å². The number of carboxylic acid groups (broad SMARTS) is 1. The Hall–Kier alpha value is -3.63. The summed E-state index contributed by atoms with van der Waals surface area (Å²) >= 11 is 0. The van der Waals surface area contributed by atoms with Crippen LogP contribution in [0.15, 0.2) is 57.5 Å². The molecule has 1 amide bonds. The highest BCUT2D eigenvalue weighted by atomic mass is 16.4. The van der Waals surface area contributed by atoms with Crippen LogP contribution in [0.3, 0.4) is 0 Å². The second-order valence-corrected chi connectivity index (χ2v) is 5.67. The predicted molar refractivity (Wildman–Crippen MR) is 91.5 cm³/mol. The first-order valence-corrected chi connectivity index (χ1v) is 7.66. The number of nitrogens with one attached hydrogen (secondary N) is 1. The van der Waals surface area contributed by atoms with Crippen molar-refractivity contribution in [3.63, 3.8) is 0 Å². The Morgan fingerprint density at radius 1 is 1.35 bits per heavy atom. The van der Waals surface area contributed by atoms with E-state index in [1.807, 2.05) is 6.07 Å². The van der Waals surface area contributed by atoms with Gasteiger partial charge in [-0.15, -0.1) is 0 Å². The first-order valence-electron chi connectivity index (χ1n) is 7.66. The molecule has 1 aromatic carbocycles. The van der Waals surface area contributed by atoms with E-state index in [-0.39, 0.29) is 16.7 Å². The summed E-state index contributed by atoms with van der Waals surface area (Å²) in [4.78, 5) is 23.2. The highest BCUT2D eigenvalue weighted by molar-refractivity contribution is 6.03. The first-order chi connectivity index (χ1) is 12.4. The van der Waals surface area contributed by atoms with Crippen LogP contribution in [-0.2, 0) is 4.79 Å². The average molecular weight is 350 g/mol. The van der Waals surface area contributed by atoms with E-state index in [1.54, 1.807) is 31.2 Å². The molecule has 1 aromatic heterocycles. The zero-order valence-corrected chi connectivity index (χ0v) is 13.7. The number of carbonyl (C=O) groups excluding carboxylic acids is 1. The highest BCUT2D eigenvalue weighted by Gasteiger charge is 2.27. The molecule has 7 nitrogen and oxygen atoms in total. The first kappa shape index (κ1) is 17.2. The van der Waals surface area contributed by atoms with E-state index in [4.69, 9.17) is 14.8 Å². The molecule has 2 aromatic rings. The molecule has 3 rings (SSSR count). The lowest BCUT2D eigenvalue weighted by Crippen LogP contribution is -2.41. The summed E-state index contributed by atoms with van der Waals surface area (Å²) in [5.41, 5.74) is 1.37. The minimum atomic E-state index is -1.32. The van der Waals surface area contributed by atoms with E-state index in [0.717, 1.165) is 0 Å². The van der Waals surface area contributed by atoms with Crippen LogP contribution >= 0.6 is 0 Å². The van der Waals surface area contributed by atoms with Crippen molar-refractivity contribution in [2.24, 2.45) is 0 Å². The van der Waals surface area contributed by atoms with Gasteiger partial charge < -0.3 is 19.9 Å². The maximum absolute atomic E-state index is 12.1. The Morgan fingerprint density at radius 3 is 2.81 bits per heavy atom. The van der Waals surface area contributed by atoms with Gasteiger partial charge in [-0.05, 0) is 42.8 Å². The lowest BCUT2D eigenvalue weighted by molar-refractivity contribution is -0.119. The highest BCUT2D eigenvalue weighted by Crippen LogP contribution is 2.27. The molecule has 0 saturated heterocycles. The zero-order chi connectivity index (χ0) is 18.8. The molecule has 0 fully saturated rings. The van der Waals surface area contributed by atoms with Gasteiger partial charge >= 0.3 is 5.97 Å². The summed E-state index contributed by atoms with van der Waals surface area (Å²) < 4.78 is 5.68. The molecular formula is C19H14N2O5. The zero-order valence-electron chi connectivity index (χ0n) is 13.7. The van der Waals surface area contributed by atoms with Crippen LogP contribution in [0, 0.1) is 11.3 Å². The Bertz CT molecular complexity index is 1010. The second-order valence-electron chi connectivity index (χ2n) is 5.67. The third-order valence-corrected chi connectivity index (χ3v) is 4.02. The molecule has 1 aliphatic heterocycles. The number of carboxylic acids is 1. The van der Waals surface area contributed by atoms with Gasteiger partial charge in [0.2, 0.25) is 0 Å². The van der Waals surface area contributed by atoms with Crippen LogP contribution in [0.4, 0.5) is 0 Å². The molecule has 0 bridgehead atoms. The number of rotatable bonds is 3. The molecule has 2 heterocycles. The van der Waals surface area contributed by atoms with E-state index in [1.165, 1.54) is 18.2 Å². The van der Waals surface area contributed by atoms with Crippen molar-refractivity contribution < 1.29 is 24.2 Å². The number of furan rings is 1. The van der Waals surface area contributed by atoms with E-state index < -0.39 is 18.1 Å². The Labute approximate surface area is 148 Å². The number of hydrogen-bond acceptors (Lipinski definition) is 5. The summed E-state index contributed by atoms with van der Waals surface area (Å²) in [6, 6.07) is 11.5. The summed E-state index contributed by atoms with van der Waals surface area (Å²) in [5, 5.41) is 30.2. The maximum atomic E-state index is 12.1. The minimum absolute atomic E-state index is 0.0665. The largest absolute Gasteiger partial charge is 0.478 e. The molecule has 1 atom stereocenters. The molecule has 3 N–H and O–H groups in total. The fourth-order valence-corrected chi connectivity index (χ4v) is 2.65. The molecule has 26 heavy (non-hydrogen) atoms. The van der Waals surface area contributed by atoms with Crippen molar-refractivity contribution in [2.45, 2.75) is 13.2 Å². The van der Waals surface area contributed by atoms with Crippen molar-refractivity contribution in [3.8, 4) is 17.4 Å². The van der Waals surface area contributed by atoms with E-state index in [0.29, 0.717) is 22.7 Å². The van der Waals surface area contributed by atoms with Crippen molar-refractivity contribution in [1.29, 1.82) is 5.26 Å². The van der Waals surface area contributed by atoms with E-state index in [9.17, 15) is 14.7 Å². The van der Waals surface area contributed by atoms with Crippen LogP contribution in [0.5, 0.6) is 0 Å². The van der Waals surface area contributed by atoms with Gasteiger partial charge in [-0.25, -0.2) is 4.79 Å². The smallest absolute Gasteiger partial charge is 0.335 e. The Morgan fingerprint density at radius 2 is 2.12 bits per heavy atom. The number of nitriles is 1. The number of carbonyl (C=O) groups is 2. The van der Waals surface area contributed by atoms with Gasteiger partial charge in [0.1, 0.15) is 11.5 Å². The van der Waals surface area contributed by atoms with Crippen molar-refractivity contribution in [1.82, 2.24) is 5.32 Å². The fourth-order valence-electron chi connectivity index (χ4n) is 2.65. The van der Waals surface area contributed by atoms with Gasteiger partial charge in [0.15, 0.2) is 6.23 Å². The third-order valence-electron chi connectivity index (χ3n) is 4.02. The number of amides is 1. The standard InChI is InChI=1S/C19H14N2O5/c1-10-14(17(22)21-18(23)15(10)9-20)8-13-5-6-16(26-13)11-3-2-4-12(7-11)19(24)25/h2-8,18,23H,1H3,(H,21,22)(H,24,25)/b14-8+. The molecule has 1 aliphatic rings. The van der Waals surface area contributed by atoms with Gasteiger partial charge in [0.05, 0.1) is 17.2 Å². The molecule has 0 radical (unpaired) electrons. The average Bonchev–Trinajstić information content (AvgIpc) is 3.07. The normalized spacial score (nSPS) is 18.6. The van der Waals surface area contributed by atoms with Gasteiger partial charge in [0.25, 0.3) is 5.91 Å². The molecule has 0 saturated carbocycles. The van der Waals surface area contributed by atoms with Gasteiger partial charge in [-0.2, -0.15) is 5.26 Å². The quantitative estimate of drug-likeness (QED) is 0.730. The molecule has 7 heteroatoms. The van der Waals surface area contributed by atoms with E-state index >= 15 is 0 Å². The monoisotopic (exact) mass is 350 g/mol. The fraction of sp³-hybridized carbons (Fsp3) is 0.105. The summed E-state index contributed by atoms with van der Waals surface area (Å²) in [6.07, 6.45) is 0.147. The van der Waals surface area contributed by atoms with Gasteiger partial charge in [0, 0.05) is 11.1 Å². The van der Waals surface area contributed by atoms with Crippen LogP contribution in [0.1, 0.15) is 23.0 Å². The van der Waals surface area contributed by atoms with Crippen LogP contribution in [0.2, 0.25) is 0 Å². The van der Waals surface area contributed by atoms with Crippen LogP contribution in [0.25, 0.3) is 17.4 Å². The topological polar surface area (TPSA) is 124 Å². The predicted octanol–water partition coefficient (Wildman–Crippen LogP) is 2.32. The number of aromatic carboxylic acids is 1. The van der Waals surface area contributed by atoms with Crippen molar-refractivity contribution in [2.75, 3.05) is 0 Å². The van der Waals surface area contributed by atoms with Crippen molar-refractivity contribution in [3.05, 3.63) is 64.4 Å².